The van der Waals surface area contributed by atoms with E-state index in [1.54, 1.807) is 18.2 Å². The van der Waals surface area contributed by atoms with Gasteiger partial charge in [-0.3, -0.25) is 40.9 Å². The molecule has 2 unspecified atom stereocenters. The molecule has 6 N–H and O–H groups in total. The zero-order chi connectivity index (χ0) is 36.7. The Kier molecular flexibility index (Phi) is 20.3. The topological polar surface area (TPSA) is 157 Å². The molecule has 0 radical (unpaired) electrons. The van der Waals surface area contributed by atoms with Crippen LogP contribution in [0.2, 0.25) is 0 Å². The maximum atomic E-state index is 13.4. The van der Waals surface area contributed by atoms with Gasteiger partial charge in [0.1, 0.15) is 11.5 Å². The van der Waals surface area contributed by atoms with Crippen LogP contribution in [0.5, 0.6) is 11.5 Å². The highest BCUT2D eigenvalue weighted by Gasteiger charge is 2.27. The molecular weight excluding hydrogens is 632 g/mol. The van der Waals surface area contributed by atoms with Crippen molar-refractivity contribution in [3.8, 4) is 11.5 Å². The highest BCUT2D eigenvalue weighted by molar-refractivity contribution is 5.99. The van der Waals surface area contributed by atoms with E-state index in [-0.39, 0.29) is 29.0 Å². The summed E-state index contributed by atoms with van der Waals surface area (Å²) in [4.78, 5) is 52.5. The van der Waals surface area contributed by atoms with Gasteiger partial charge in [0.05, 0.1) is 11.1 Å². The molecule has 2 rings (SSSR count). The fraction of sp³-hybridized carbons (Fsp3) is 0.600. The van der Waals surface area contributed by atoms with Gasteiger partial charge in [-0.05, 0) is 80.3 Å². The Balaban J connectivity index is 1.99. The van der Waals surface area contributed by atoms with Crippen molar-refractivity contribution in [1.29, 1.82) is 0 Å². The number of aromatic hydroxyl groups is 2. The number of unbranched alkanes of at least 4 members (excludes halogenated alkanes) is 10. The van der Waals surface area contributed by atoms with Crippen LogP contribution in [0.3, 0.4) is 0 Å². The molecule has 0 saturated carbocycles. The van der Waals surface area contributed by atoms with E-state index in [1.165, 1.54) is 50.7 Å². The van der Waals surface area contributed by atoms with Crippen LogP contribution >= 0.6 is 0 Å². The lowest BCUT2D eigenvalue weighted by atomic mass is 9.88. The van der Waals surface area contributed by atoms with Crippen LogP contribution in [0, 0.1) is 11.8 Å². The molecule has 0 spiro atoms. The molecule has 50 heavy (non-hydrogen) atoms. The number of phenolic OH excluding ortho intramolecular Hbond substituents is 2. The number of carbonyl (C=O) groups excluding carboxylic acids is 4. The average molecular weight is 695 g/mol. The van der Waals surface area contributed by atoms with Crippen LogP contribution < -0.4 is 21.7 Å². The van der Waals surface area contributed by atoms with Gasteiger partial charge in [0.15, 0.2) is 0 Å². The van der Waals surface area contributed by atoms with Gasteiger partial charge in [0, 0.05) is 11.8 Å². The minimum Gasteiger partial charge on any atom is -0.507 e. The Hall–Kier alpha value is -4.08. The number of phenols is 2. The first-order valence-corrected chi connectivity index (χ1v) is 19.0. The number of rotatable bonds is 23. The Morgan fingerprint density at radius 3 is 1.40 bits per heavy atom. The lowest BCUT2D eigenvalue weighted by Gasteiger charge is -2.22. The summed E-state index contributed by atoms with van der Waals surface area (Å²) in [5, 5.41) is 20.7. The number of hydrogen-bond acceptors (Lipinski definition) is 6. The third-order valence-electron chi connectivity index (χ3n) is 9.31. The summed E-state index contributed by atoms with van der Waals surface area (Å²) < 4.78 is 0. The van der Waals surface area contributed by atoms with Crippen LogP contribution in [-0.2, 0) is 22.4 Å². The highest BCUT2D eigenvalue weighted by atomic mass is 16.3. The normalized spacial score (nSPS) is 12.2. The molecule has 10 nitrogen and oxygen atoms in total. The predicted octanol–water partition coefficient (Wildman–Crippen LogP) is 7.96. The monoisotopic (exact) mass is 694 g/mol. The zero-order valence-corrected chi connectivity index (χ0v) is 30.9. The Labute approximate surface area is 299 Å². The second kappa shape index (κ2) is 24.1. The van der Waals surface area contributed by atoms with E-state index in [2.05, 4.69) is 42.5 Å². The number of nitrogens with one attached hydrogen (secondary N) is 4. The van der Waals surface area contributed by atoms with Gasteiger partial charge in [0.2, 0.25) is 11.8 Å². The average Bonchev–Trinajstić information content (AvgIpc) is 3.11. The molecular formula is C40H62N4O6. The first-order chi connectivity index (χ1) is 24.1. The van der Waals surface area contributed by atoms with Crippen LogP contribution in [0.15, 0.2) is 36.4 Å². The summed E-state index contributed by atoms with van der Waals surface area (Å²) in [5.41, 5.74) is 11.9. The van der Waals surface area contributed by atoms with Crippen molar-refractivity contribution in [2.75, 3.05) is 0 Å². The van der Waals surface area contributed by atoms with E-state index in [9.17, 15) is 29.4 Å². The van der Waals surface area contributed by atoms with E-state index in [0.29, 0.717) is 12.8 Å². The SMILES string of the molecule is CCCCCCCc1ccc(O)c(C(=O)NNC(=O)C(CC)CC(CCCCC)C(=O)NNC(=O)c2cc(CCCCCCC)ccc2O)c1. The fourth-order valence-electron chi connectivity index (χ4n) is 6.08. The van der Waals surface area contributed by atoms with E-state index in [4.69, 9.17) is 0 Å². The second-order valence-corrected chi connectivity index (χ2v) is 13.5. The minimum atomic E-state index is -0.623. The molecule has 0 fully saturated rings. The molecule has 2 aromatic rings. The van der Waals surface area contributed by atoms with Gasteiger partial charge in [-0.25, -0.2) is 0 Å². The first-order valence-electron chi connectivity index (χ1n) is 19.0. The number of hydrazine groups is 2. The van der Waals surface area contributed by atoms with Crippen molar-refractivity contribution in [2.24, 2.45) is 11.8 Å². The highest BCUT2D eigenvalue weighted by Crippen LogP contribution is 2.24. The quantitative estimate of drug-likeness (QED) is 0.0512. The van der Waals surface area contributed by atoms with E-state index >= 15 is 0 Å². The lowest BCUT2D eigenvalue weighted by Crippen LogP contribution is -2.47. The molecule has 0 bridgehead atoms. The third kappa shape index (κ3) is 15.2. The number of hydrogen-bond donors (Lipinski definition) is 6. The summed E-state index contributed by atoms with van der Waals surface area (Å²) in [6.07, 6.45) is 16.6. The van der Waals surface area contributed by atoms with E-state index in [1.807, 2.05) is 13.0 Å². The molecule has 2 aromatic carbocycles. The van der Waals surface area contributed by atoms with Crippen LogP contribution in [0.4, 0.5) is 0 Å². The van der Waals surface area contributed by atoms with Gasteiger partial charge in [-0.15, -0.1) is 0 Å². The fourth-order valence-corrected chi connectivity index (χ4v) is 6.08. The molecule has 278 valence electrons. The third-order valence-corrected chi connectivity index (χ3v) is 9.31. The van der Waals surface area contributed by atoms with Crippen LogP contribution in [0.25, 0.3) is 0 Å². The summed E-state index contributed by atoms with van der Waals surface area (Å²) in [6.45, 7) is 8.24. The van der Waals surface area contributed by atoms with Gasteiger partial charge < -0.3 is 10.2 Å². The first kappa shape index (κ1) is 42.1. The van der Waals surface area contributed by atoms with Crippen molar-refractivity contribution in [1.82, 2.24) is 21.7 Å². The van der Waals surface area contributed by atoms with Crippen molar-refractivity contribution < 1.29 is 29.4 Å². The van der Waals surface area contributed by atoms with Gasteiger partial charge in [0.25, 0.3) is 11.8 Å². The van der Waals surface area contributed by atoms with Crippen molar-refractivity contribution in [2.45, 2.75) is 143 Å². The van der Waals surface area contributed by atoms with E-state index < -0.39 is 35.5 Å². The predicted molar refractivity (Wildman–Crippen MR) is 198 cm³/mol. The van der Waals surface area contributed by atoms with E-state index in [0.717, 1.165) is 68.9 Å². The summed E-state index contributed by atoms with van der Waals surface area (Å²) in [5.74, 6) is -3.61. The number of aryl methyl sites for hydroxylation is 2. The van der Waals surface area contributed by atoms with Crippen molar-refractivity contribution in [3.63, 3.8) is 0 Å². The molecule has 0 saturated heterocycles. The maximum absolute atomic E-state index is 13.4. The molecule has 10 heteroatoms. The molecule has 0 heterocycles. The maximum Gasteiger partial charge on any atom is 0.273 e. The largest absolute Gasteiger partial charge is 0.507 e. The van der Waals surface area contributed by atoms with Gasteiger partial charge >= 0.3 is 0 Å². The molecule has 0 aliphatic rings. The molecule has 0 aliphatic carbocycles. The smallest absolute Gasteiger partial charge is 0.273 e. The Morgan fingerprint density at radius 2 is 0.960 bits per heavy atom. The standard InChI is InChI=1S/C40H62N4O6/c1-5-9-12-14-17-19-29-22-24-35(45)33(26-29)39(49)43-41-37(47)31(8-4)28-32(21-16-11-7-3)38(48)42-44-40(50)34-27-30(23-25-36(34)46)20-18-15-13-10-6-2/h22-27,31-32,45-46H,5-21,28H2,1-4H3,(H,41,47)(H,42,48)(H,43,49)(H,44,50). The summed E-state index contributed by atoms with van der Waals surface area (Å²) >= 11 is 0. The van der Waals surface area contributed by atoms with Crippen LogP contribution in [0.1, 0.15) is 162 Å². The molecule has 4 amide bonds. The Bertz CT molecular complexity index is 1350. The summed E-state index contributed by atoms with van der Waals surface area (Å²) in [6, 6.07) is 9.93. The summed E-state index contributed by atoms with van der Waals surface area (Å²) in [7, 11) is 0. The molecule has 0 aromatic heterocycles. The molecule has 0 aliphatic heterocycles. The Morgan fingerprint density at radius 1 is 0.540 bits per heavy atom. The number of amides is 4. The number of carbonyl (C=O) groups is 4. The van der Waals surface area contributed by atoms with Gasteiger partial charge in [-0.1, -0.05) is 110 Å². The second-order valence-electron chi connectivity index (χ2n) is 13.5. The van der Waals surface area contributed by atoms with Crippen molar-refractivity contribution >= 4 is 23.6 Å². The lowest BCUT2D eigenvalue weighted by molar-refractivity contribution is -0.129. The van der Waals surface area contributed by atoms with Crippen LogP contribution in [-0.4, -0.2) is 33.8 Å². The minimum absolute atomic E-state index is 0.0838. The zero-order valence-electron chi connectivity index (χ0n) is 30.9. The van der Waals surface area contributed by atoms with Gasteiger partial charge in [-0.2, -0.15) is 0 Å². The molecule has 2 atom stereocenters. The van der Waals surface area contributed by atoms with Crippen molar-refractivity contribution in [3.05, 3.63) is 58.7 Å². The number of benzene rings is 2.